The van der Waals surface area contributed by atoms with Crippen LogP contribution in [0, 0.1) is 13.8 Å². The fraction of sp³-hybridized carbons (Fsp3) is 0.333. The molecule has 0 atom stereocenters. The number of nitrogen functional groups attached to an aromatic ring is 1. The number of carbonyl (C=O) groups excluding carboxylic acids is 1. The second kappa shape index (κ2) is 6.07. The number of hydrogen-bond acceptors (Lipinski definition) is 6. The predicted molar refractivity (Wildman–Crippen MR) is 100 cm³/mol. The van der Waals surface area contributed by atoms with Crippen molar-refractivity contribution in [1.82, 2.24) is 15.0 Å². The molecule has 0 fully saturated rings. The Labute approximate surface area is 149 Å². The van der Waals surface area contributed by atoms with Gasteiger partial charge < -0.3 is 5.73 Å². The van der Waals surface area contributed by atoms with Crippen LogP contribution in [-0.2, 0) is 12.8 Å². The van der Waals surface area contributed by atoms with Gasteiger partial charge in [0.2, 0.25) is 5.95 Å². The Morgan fingerprint density at radius 2 is 1.84 bits per heavy atom. The molecule has 3 aromatic heterocycles. The van der Waals surface area contributed by atoms with Crippen LogP contribution >= 0.6 is 11.3 Å². The molecule has 0 saturated carbocycles. The molecule has 3 heterocycles. The Bertz CT molecular complexity index is 975. The third kappa shape index (κ3) is 2.95. The molecule has 128 valence electrons. The highest BCUT2D eigenvalue weighted by atomic mass is 32.1. The number of carbonyl (C=O) groups is 1. The predicted octanol–water partition coefficient (Wildman–Crippen LogP) is 3.42. The largest absolute Gasteiger partial charge is 0.397 e. The average Bonchev–Trinajstić information content (AvgIpc) is 2.88. The number of nitrogens with one attached hydrogen (secondary N) is 1. The lowest BCUT2D eigenvalue weighted by atomic mass is 9.95. The van der Waals surface area contributed by atoms with Crippen LogP contribution in [-0.4, -0.2) is 20.9 Å². The number of aromatic nitrogens is 3. The molecule has 25 heavy (non-hydrogen) atoms. The van der Waals surface area contributed by atoms with E-state index < -0.39 is 0 Å². The van der Waals surface area contributed by atoms with Crippen LogP contribution in [0.25, 0.3) is 10.2 Å². The maximum absolute atomic E-state index is 12.7. The summed E-state index contributed by atoms with van der Waals surface area (Å²) in [6.07, 6.45) is 4.39. The number of nitrogens with zero attached hydrogens (tertiary/aromatic N) is 3. The van der Waals surface area contributed by atoms with Gasteiger partial charge in [-0.25, -0.2) is 15.0 Å². The van der Waals surface area contributed by atoms with Crippen molar-refractivity contribution in [2.24, 2.45) is 0 Å². The molecule has 7 heteroatoms. The summed E-state index contributed by atoms with van der Waals surface area (Å²) in [7, 11) is 0. The van der Waals surface area contributed by atoms with Crippen molar-refractivity contribution in [3.8, 4) is 0 Å². The van der Waals surface area contributed by atoms with E-state index in [1.807, 2.05) is 19.9 Å². The summed E-state index contributed by atoms with van der Waals surface area (Å²) in [5.74, 6) is 0.00933. The number of fused-ring (bicyclic) bond motifs is 2. The van der Waals surface area contributed by atoms with Gasteiger partial charge in [-0.2, -0.15) is 0 Å². The lowest BCUT2D eigenvalue weighted by molar-refractivity contribution is 0.103. The molecule has 0 bridgehead atoms. The van der Waals surface area contributed by atoms with Gasteiger partial charge >= 0.3 is 0 Å². The fourth-order valence-electron chi connectivity index (χ4n) is 3.27. The van der Waals surface area contributed by atoms with Gasteiger partial charge in [0.1, 0.15) is 9.71 Å². The molecule has 4 rings (SSSR count). The third-order valence-electron chi connectivity index (χ3n) is 4.41. The van der Waals surface area contributed by atoms with E-state index >= 15 is 0 Å². The zero-order chi connectivity index (χ0) is 17.6. The summed E-state index contributed by atoms with van der Waals surface area (Å²) in [5, 5.41) is 3.63. The van der Waals surface area contributed by atoms with Crippen molar-refractivity contribution >= 4 is 39.1 Å². The second-order valence-corrected chi connectivity index (χ2v) is 7.43. The normalized spacial score (nSPS) is 13.7. The van der Waals surface area contributed by atoms with Crippen LogP contribution in [0.5, 0.6) is 0 Å². The van der Waals surface area contributed by atoms with E-state index in [-0.39, 0.29) is 5.91 Å². The highest BCUT2D eigenvalue weighted by Crippen LogP contribution is 2.35. The first kappa shape index (κ1) is 16.0. The maximum atomic E-state index is 12.7. The number of rotatable bonds is 2. The van der Waals surface area contributed by atoms with Crippen LogP contribution in [0.1, 0.15) is 45.2 Å². The van der Waals surface area contributed by atoms with Gasteiger partial charge in [0, 0.05) is 22.5 Å². The number of nitrogens with two attached hydrogens (primary N) is 1. The first-order chi connectivity index (χ1) is 12.0. The number of hydrogen-bond donors (Lipinski definition) is 2. The van der Waals surface area contributed by atoms with Crippen molar-refractivity contribution in [3.63, 3.8) is 0 Å². The molecule has 0 unspecified atom stereocenters. The van der Waals surface area contributed by atoms with E-state index in [9.17, 15) is 4.79 Å². The highest BCUT2D eigenvalue weighted by molar-refractivity contribution is 7.21. The number of amides is 1. The van der Waals surface area contributed by atoms with E-state index in [4.69, 9.17) is 10.7 Å². The molecule has 0 saturated heterocycles. The van der Waals surface area contributed by atoms with Gasteiger partial charge in [0.15, 0.2) is 0 Å². The Morgan fingerprint density at radius 1 is 1.12 bits per heavy atom. The monoisotopic (exact) mass is 353 g/mol. The first-order valence-electron chi connectivity index (χ1n) is 8.35. The molecular weight excluding hydrogens is 334 g/mol. The molecule has 0 radical (unpaired) electrons. The summed E-state index contributed by atoms with van der Waals surface area (Å²) in [6, 6.07) is 3.96. The Kier molecular flexibility index (Phi) is 3.88. The first-order valence-corrected chi connectivity index (χ1v) is 9.17. The SMILES string of the molecule is Cc1cc(C)nc(NC(=O)c2sc3nc4c(cc3c2N)CCCC4)n1. The third-order valence-corrected chi connectivity index (χ3v) is 5.53. The molecule has 0 aromatic carbocycles. The minimum atomic E-state index is -0.288. The summed E-state index contributed by atoms with van der Waals surface area (Å²) in [5.41, 5.74) is 10.8. The molecule has 3 N–H and O–H groups in total. The van der Waals surface area contributed by atoms with Gasteiger partial charge in [-0.1, -0.05) is 0 Å². The van der Waals surface area contributed by atoms with Gasteiger partial charge in [-0.05, 0) is 57.2 Å². The number of anilines is 2. The molecule has 1 amide bonds. The lowest BCUT2D eigenvalue weighted by Crippen LogP contribution is -2.15. The van der Waals surface area contributed by atoms with E-state index in [1.165, 1.54) is 29.7 Å². The van der Waals surface area contributed by atoms with Gasteiger partial charge in [-0.3, -0.25) is 10.1 Å². The summed E-state index contributed by atoms with van der Waals surface area (Å²) in [4.78, 5) is 27.2. The van der Waals surface area contributed by atoms with Crippen molar-refractivity contribution in [1.29, 1.82) is 0 Å². The van der Waals surface area contributed by atoms with E-state index in [0.717, 1.165) is 40.1 Å². The topological polar surface area (TPSA) is 93.8 Å². The summed E-state index contributed by atoms with van der Waals surface area (Å²) in [6.45, 7) is 3.74. The molecule has 1 aliphatic rings. The van der Waals surface area contributed by atoms with E-state index in [2.05, 4.69) is 21.4 Å². The lowest BCUT2D eigenvalue weighted by Gasteiger charge is -2.14. The Morgan fingerprint density at radius 3 is 2.60 bits per heavy atom. The van der Waals surface area contributed by atoms with Crippen LogP contribution in [0.2, 0.25) is 0 Å². The Balaban J connectivity index is 1.70. The molecule has 3 aromatic rings. The van der Waals surface area contributed by atoms with Crippen molar-refractivity contribution in [3.05, 3.63) is 39.7 Å². The minimum Gasteiger partial charge on any atom is -0.397 e. The summed E-state index contributed by atoms with van der Waals surface area (Å²) < 4.78 is 0. The summed E-state index contributed by atoms with van der Waals surface area (Å²) >= 11 is 1.33. The van der Waals surface area contributed by atoms with Crippen molar-refractivity contribution in [2.45, 2.75) is 39.5 Å². The molecular formula is C18H19N5OS. The molecule has 1 aliphatic carbocycles. The van der Waals surface area contributed by atoms with Gasteiger partial charge in [0.05, 0.1) is 5.69 Å². The van der Waals surface area contributed by atoms with E-state index in [1.54, 1.807) is 0 Å². The second-order valence-electron chi connectivity index (χ2n) is 6.43. The van der Waals surface area contributed by atoms with Crippen molar-refractivity contribution in [2.75, 3.05) is 11.1 Å². The maximum Gasteiger partial charge on any atom is 0.270 e. The van der Waals surface area contributed by atoms with Crippen LogP contribution in [0.4, 0.5) is 11.6 Å². The van der Waals surface area contributed by atoms with Crippen LogP contribution < -0.4 is 11.1 Å². The highest BCUT2D eigenvalue weighted by Gasteiger charge is 2.21. The zero-order valence-corrected chi connectivity index (χ0v) is 15.0. The van der Waals surface area contributed by atoms with Crippen LogP contribution in [0.3, 0.4) is 0 Å². The minimum absolute atomic E-state index is 0.288. The number of pyridine rings is 1. The quantitative estimate of drug-likeness (QED) is 0.736. The molecule has 6 nitrogen and oxygen atoms in total. The number of thiophene rings is 1. The molecule has 0 aliphatic heterocycles. The van der Waals surface area contributed by atoms with Crippen LogP contribution in [0.15, 0.2) is 12.1 Å². The molecule has 0 spiro atoms. The van der Waals surface area contributed by atoms with Gasteiger partial charge in [-0.15, -0.1) is 11.3 Å². The van der Waals surface area contributed by atoms with E-state index in [0.29, 0.717) is 16.5 Å². The van der Waals surface area contributed by atoms with Gasteiger partial charge in [0.25, 0.3) is 5.91 Å². The standard InChI is InChI=1S/C18H19N5OS/c1-9-7-10(2)21-18(20-9)23-16(24)15-14(19)12-8-11-5-3-4-6-13(11)22-17(12)25-15/h7-8H,3-6,19H2,1-2H3,(H,20,21,23,24). The average molecular weight is 353 g/mol. The number of aryl methyl sites for hydroxylation is 4. The zero-order valence-electron chi connectivity index (χ0n) is 14.2. The van der Waals surface area contributed by atoms with Crippen molar-refractivity contribution < 1.29 is 4.79 Å². The fourth-order valence-corrected chi connectivity index (χ4v) is 4.26. The smallest absolute Gasteiger partial charge is 0.270 e. The Hall–Kier alpha value is -2.54.